The number of hydrogen-bond donors (Lipinski definition) is 3. The molecule has 0 bridgehead atoms. The molecule has 2 aromatic rings. The third-order valence-corrected chi connectivity index (χ3v) is 4.49. The Hall–Kier alpha value is -2.67. The summed E-state index contributed by atoms with van der Waals surface area (Å²) in [6.45, 7) is 5.70. The van der Waals surface area contributed by atoms with Crippen LogP contribution < -0.4 is 5.48 Å². The molecular weight excluding hydrogens is 308 g/mol. The summed E-state index contributed by atoms with van der Waals surface area (Å²) >= 11 is 0. The molecule has 2 unspecified atom stereocenters. The van der Waals surface area contributed by atoms with E-state index in [-0.39, 0.29) is 12.3 Å². The third kappa shape index (κ3) is 2.78. The molecule has 0 saturated heterocycles. The van der Waals surface area contributed by atoms with Gasteiger partial charge in [0.05, 0.1) is 6.33 Å². The largest absolute Gasteiger partial charge is 0.478 e. The minimum atomic E-state index is -1.52. The van der Waals surface area contributed by atoms with Crippen LogP contribution in [0.4, 0.5) is 0 Å². The van der Waals surface area contributed by atoms with E-state index in [1.165, 1.54) is 0 Å². The minimum Gasteiger partial charge on any atom is -0.478 e. The number of H-pyrrole nitrogens is 1. The molecule has 3 rings (SSSR count). The average Bonchev–Trinajstić information content (AvgIpc) is 3.18. The molecule has 0 saturated carbocycles. The average molecular weight is 328 g/mol. The summed E-state index contributed by atoms with van der Waals surface area (Å²) in [5.74, 6) is -0.981. The zero-order valence-corrected chi connectivity index (χ0v) is 13.8. The highest BCUT2D eigenvalue weighted by molar-refractivity contribution is 5.86. The van der Waals surface area contributed by atoms with Crippen molar-refractivity contribution in [3.63, 3.8) is 0 Å². The fourth-order valence-electron chi connectivity index (χ4n) is 3.03. The van der Waals surface area contributed by atoms with Crippen molar-refractivity contribution in [2.45, 2.75) is 38.8 Å². The minimum absolute atomic E-state index is 0.201. The van der Waals surface area contributed by atoms with Crippen LogP contribution in [0.1, 0.15) is 41.6 Å². The van der Waals surface area contributed by atoms with E-state index in [0.717, 1.165) is 22.4 Å². The molecule has 126 valence electrons. The van der Waals surface area contributed by atoms with Crippen LogP contribution in [-0.2, 0) is 9.63 Å². The Morgan fingerprint density at radius 2 is 2.17 bits per heavy atom. The lowest BCUT2D eigenvalue weighted by Gasteiger charge is -2.26. The molecule has 2 atom stereocenters. The molecule has 0 fully saturated rings. The number of aryl methyl sites for hydroxylation is 1. The Bertz CT molecular complexity index is 785. The number of aliphatic imine (C=N–C) groups is 1. The van der Waals surface area contributed by atoms with E-state index in [1.54, 1.807) is 19.4 Å². The zero-order chi connectivity index (χ0) is 17.3. The second kappa shape index (κ2) is 6.09. The molecule has 0 aliphatic carbocycles. The number of benzene rings is 1. The number of carbonyl (C=O) groups is 1. The van der Waals surface area contributed by atoms with Gasteiger partial charge in [-0.25, -0.2) is 14.8 Å². The van der Waals surface area contributed by atoms with Crippen molar-refractivity contribution in [1.29, 1.82) is 0 Å². The van der Waals surface area contributed by atoms with E-state index in [2.05, 4.69) is 20.4 Å². The first-order valence-corrected chi connectivity index (χ1v) is 7.71. The maximum Gasteiger partial charge on any atom is 0.349 e. The maximum absolute atomic E-state index is 11.9. The van der Waals surface area contributed by atoms with E-state index in [0.29, 0.717) is 5.90 Å². The first-order valence-electron chi connectivity index (χ1n) is 7.71. The second-order valence-corrected chi connectivity index (χ2v) is 6.05. The van der Waals surface area contributed by atoms with Crippen LogP contribution in [0, 0.1) is 13.8 Å². The van der Waals surface area contributed by atoms with Gasteiger partial charge in [0.1, 0.15) is 0 Å². The number of rotatable bonds is 5. The standard InChI is InChI=1S/C17H20N4O3/c1-10-5-4-6-13(11(10)2)14(15-8-18-9-19-15)7-17(16(22)23)20-12(3)24-21-17/h4-6,8-9,14,21H,7H2,1-3H3,(H,18,19)(H,22,23). The van der Waals surface area contributed by atoms with Gasteiger partial charge >= 0.3 is 5.97 Å². The van der Waals surface area contributed by atoms with Gasteiger partial charge in [-0.1, -0.05) is 18.2 Å². The number of aromatic nitrogens is 2. The first-order chi connectivity index (χ1) is 11.4. The number of imidazole rings is 1. The normalized spacial score (nSPS) is 21.2. The van der Waals surface area contributed by atoms with Gasteiger partial charge in [-0.05, 0) is 30.5 Å². The molecule has 24 heavy (non-hydrogen) atoms. The van der Waals surface area contributed by atoms with Crippen LogP contribution >= 0.6 is 0 Å². The van der Waals surface area contributed by atoms with Gasteiger partial charge in [-0.3, -0.25) is 0 Å². The summed E-state index contributed by atoms with van der Waals surface area (Å²) in [7, 11) is 0. The Balaban J connectivity index is 2.07. The summed E-state index contributed by atoms with van der Waals surface area (Å²) in [6.07, 6.45) is 3.51. The molecule has 1 aliphatic rings. The predicted molar refractivity (Wildman–Crippen MR) is 88.7 cm³/mol. The molecule has 1 aromatic carbocycles. The highest BCUT2D eigenvalue weighted by Gasteiger charge is 2.46. The van der Waals surface area contributed by atoms with E-state index in [4.69, 9.17) is 4.84 Å². The molecule has 1 aromatic heterocycles. The fourth-order valence-corrected chi connectivity index (χ4v) is 3.03. The molecule has 2 heterocycles. The monoisotopic (exact) mass is 328 g/mol. The molecule has 7 heteroatoms. The highest BCUT2D eigenvalue weighted by Crippen LogP contribution is 2.36. The van der Waals surface area contributed by atoms with Crippen molar-refractivity contribution < 1.29 is 14.7 Å². The van der Waals surface area contributed by atoms with E-state index in [1.807, 2.05) is 32.0 Å². The van der Waals surface area contributed by atoms with Crippen molar-refractivity contribution in [2.75, 3.05) is 0 Å². The van der Waals surface area contributed by atoms with E-state index in [9.17, 15) is 9.90 Å². The number of nitrogens with one attached hydrogen (secondary N) is 2. The van der Waals surface area contributed by atoms with Crippen LogP contribution in [-0.4, -0.2) is 32.6 Å². The molecule has 7 nitrogen and oxygen atoms in total. The van der Waals surface area contributed by atoms with Gasteiger partial charge in [-0.2, -0.15) is 0 Å². The first kappa shape index (κ1) is 16.2. The molecule has 0 radical (unpaired) electrons. The van der Waals surface area contributed by atoms with Crippen LogP contribution in [0.2, 0.25) is 0 Å². The predicted octanol–water partition coefficient (Wildman–Crippen LogP) is 2.28. The fraction of sp³-hybridized carbons (Fsp3) is 0.353. The molecule has 3 N–H and O–H groups in total. The number of aromatic amines is 1. The van der Waals surface area contributed by atoms with Gasteiger partial charge in [0, 0.05) is 31.2 Å². The molecule has 0 spiro atoms. The van der Waals surface area contributed by atoms with Crippen molar-refractivity contribution in [1.82, 2.24) is 15.4 Å². The molecule has 1 aliphatic heterocycles. The van der Waals surface area contributed by atoms with Crippen molar-refractivity contribution >= 4 is 11.9 Å². The van der Waals surface area contributed by atoms with E-state index >= 15 is 0 Å². The van der Waals surface area contributed by atoms with Gasteiger partial charge < -0.3 is 14.9 Å². The topological polar surface area (TPSA) is 99.6 Å². The number of hydrogen-bond acceptors (Lipinski definition) is 5. The quantitative estimate of drug-likeness (QED) is 0.782. The maximum atomic E-state index is 11.9. The molecular formula is C17H20N4O3. The van der Waals surface area contributed by atoms with Crippen molar-refractivity contribution in [2.24, 2.45) is 4.99 Å². The van der Waals surface area contributed by atoms with Crippen molar-refractivity contribution in [3.05, 3.63) is 53.1 Å². The number of aliphatic carboxylic acids is 1. The van der Waals surface area contributed by atoms with E-state index < -0.39 is 11.6 Å². The van der Waals surface area contributed by atoms with Crippen LogP contribution in [0.15, 0.2) is 35.7 Å². The van der Waals surface area contributed by atoms with Crippen molar-refractivity contribution in [3.8, 4) is 0 Å². The Labute approximate surface area is 139 Å². The zero-order valence-electron chi connectivity index (χ0n) is 13.8. The number of carboxylic acid groups (broad SMARTS) is 1. The summed E-state index contributed by atoms with van der Waals surface area (Å²) in [5, 5.41) is 9.72. The highest BCUT2D eigenvalue weighted by atomic mass is 16.7. The van der Waals surface area contributed by atoms with Gasteiger partial charge in [0.15, 0.2) is 0 Å². The summed E-state index contributed by atoms with van der Waals surface area (Å²) in [6, 6.07) is 6.02. The Morgan fingerprint density at radius 1 is 1.38 bits per heavy atom. The SMILES string of the molecule is CC1=NC(CC(c2cnc[nH]2)c2cccc(C)c2C)(C(=O)O)NO1. The summed E-state index contributed by atoms with van der Waals surface area (Å²) in [4.78, 5) is 28.4. The lowest BCUT2D eigenvalue weighted by atomic mass is 9.83. The summed E-state index contributed by atoms with van der Waals surface area (Å²) < 4.78 is 0. The Morgan fingerprint density at radius 3 is 2.75 bits per heavy atom. The smallest absolute Gasteiger partial charge is 0.349 e. The number of nitrogens with zero attached hydrogens (tertiary/aromatic N) is 2. The lowest BCUT2D eigenvalue weighted by Crippen LogP contribution is -2.48. The number of hydroxylamine groups is 1. The van der Waals surface area contributed by atoms with Gasteiger partial charge in [0.25, 0.3) is 0 Å². The number of carboxylic acids is 1. The lowest BCUT2D eigenvalue weighted by molar-refractivity contribution is -0.147. The van der Waals surface area contributed by atoms with Crippen LogP contribution in [0.3, 0.4) is 0 Å². The molecule has 0 amide bonds. The van der Waals surface area contributed by atoms with Crippen LogP contribution in [0.5, 0.6) is 0 Å². The summed E-state index contributed by atoms with van der Waals surface area (Å²) in [5.41, 5.74) is 5.21. The van der Waals surface area contributed by atoms with Crippen LogP contribution in [0.25, 0.3) is 0 Å². The second-order valence-electron chi connectivity index (χ2n) is 6.05. The van der Waals surface area contributed by atoms with Gasteiger partial charge in [-0.15, -0.1) is 5.48 Å². The Kier molecular flexibility index (Phi) is 4.11. The third-order valence-electron chi connectivity index (χ3n) is 4.49. The van der Waals surface area contributed by atoms with Gasteiger partial charge in [0.2, 0.25) is 11.6 Å².